The largest absolute Gasteiger partial charge is 0.357 e. The quantitative estimate of drug-likeness (QED) is 0.794. The van der Waals surface area contributed by atoms with Gasteiger partial charge in [0.1, 0.15) is 0 Å². The highest BCUT2D eigenvalue weighted by Gasteiger charge is 2.19. The summed E-state index contributed by atoms with van der Waals surface area (Å²) in [5, 5.41) is 1.28. The van der Waals surface area contributed by atoms with Crippen LogP contribution in [-0.4, -0.2) is 4.98 Å². The maximum atomic E-state index is 12.3. The molecule has 0 fully saturated rings. The second-order valence-corrected chi connectivity index (χ2v) is 5.31. The monoisotopic (exact) mass is 297 g/mol. The van der Waals surface area contributed by atoms with Crippen LogP contribution in [0.25, 0.3) is 10.9 Å². The van der Waals surface area contributed by atoms with Crippen molar-refractivity contribution in [1.29, 1.82) is 0 Å². The van der Waals surface area contributed by atoms with E-state index in [9.17, 15) is 4.79 Å². The van der Waals surface area contributed by atoms with Gasteiger partial charge in [0.05, 0.1) is 15.9 Å². The SMILES string of the molecule is O=c1c2c([nH]c3c(Cl)ccc(Br)c13)CCC2. The van der Waals surface area contributed by atoms with Crippen molar-refractivity contribution in [2.45, 2.75) is 19.3 Å². The van der Waals surface area contributed by atoms with E-state index in [1.165, 1.54) is 0 Å². The van der Waals surface area contributed by atoms with Gasteiger partial charge < -0.3 is 4.98 Å². The minimum atomic E-state index is 0.121. The first-order chi connectivity index (χ1) is 7.68. The molecule has 2 aromatic rings. The predicted molar refractivity (Wildman–Crippen MR) is 69.3 cm³/mol. The Morgan fingerprint density at radius 1 is 1.31 bits per heavy atom. The van der Waals surface area contributed by atoms with Crippen molar-refractivity contribution < 1.29 is 0 Å². The molecule has 4 heteroatoms. The third kappa shape index (κ3) is 1.35. The lowest BCUT2D eigenvalue weighted by Gasteiger charge is -2.06. The van der Waals surface area contributed by atoms with E-state index in [0.29, 0.717) is 10.4 Å². The maximum absolute atomic E-state index is 12.3. The fraction of sp³-hybridized carbons (Fsp3) is 0.250. The molecule has 0 saturated heterocycles. The Kier molecular flexibility index (Phi) is 2.33. The number of hydrogen-bond donors (Lipinski definition) is 1. The molecule has 3 rings (SSSR count). The summed E-state index contributed by atoms with van der Waals surface area (Å²) in [4.78, 5) is 15.6. The highest BCUT2D eigenvalue weighted by molar-refractivity contribution is 9.10. The molecule has 2 nitrogen and oxygen atoms in total. The molecule has 0 spiro atoms. The maximum Gasteiger partial charge on any atom is 0.194 e. The topological polar surface area (TPSA) is 32.9 Å². The molecule has 0 unspecified atom stereocenters. The van der Waals surface area contributed by atoms with Crippen LogP contribution in [0.2, 0.25) is 5.02 Å². The normalized spacial score (nSPS) is 14.4. The van der Waals surface area contributed by atoms with E-state index in [1.54, 1.807) is 6.07 Å². The standard InChI is InChI=1S/C12H9BrClNO/c13-7-4-5-8(14)11-10(7)12(16)6-2-1-3-9(6)15-11/h4-5H,1-3H2,(H,15,16). The summed E-state index contributed by atoms with van der Waals surface area (Å²) in [5.74, 6) is 0. The highest BCUT2D eigenvalue weighted by Crippen LogP contribution is 2.29. The molecule has 0 aliphatic heterocycles. The minimum Gasteiger partial charge on any atom is -0.357 e. The Morgan fingerprint density at radius 2 is 2.12 bits per heavy atom. The fourth-order valence-corrected chi connectivity index (χ4v) is 3.05. The van der Waals surface area contributed by atoms with Crippen LogP contribution in [-0.2, 0) is 12.8 Å². The molecular weight excluding hydrogens is 289 g/mol. The third-order valence-electron chi connectivity index (χ3n) is 3.10. The van der Waals surface area contributed by atoms with Crippen LogP contribution in [0.3, 0.4) is 0 Å². The van der Waals surface area contributed by atoms with E-state index in [0.717, 1.165) is 40.5 Å². The molecule has 1 heterocycles. The van der Waals surface area contributed by atoms with Gasteiger partial charge in [0.2, 0.25) is 0 Å². The smallest absolute Gasteiger partial charge is 0.194 e. The van der Waals surface area contributed by atoms with Crippen molar-refractivity contribution >= 4 is 38.4 Å². The van der Waals surface area contributed by atoms with Crippen LogP contribution in [0.15, 0.2) is 21.4 Å². The van der Waals surface area contributed by atoms with E-state index >= 15 is 0 Å². The number of aromatic nitrogens is 1. The number of aromatic amines is 1. The lowest BCUT2D eigenvalue weighted by Crippen LogP contribution is -2.11. The second-order valence-electron chi connectivity index (χ2n) is 4.04. The first-order valence-electron chi connectivity index (χ1n) is 5.20. The van der Waals surface area contributed by atoms with Crippen molar-refractivity contribution in [2.24, 2.45) is 0 Å². The van der Waals surface area contributed by atoms with E-state index in [2.05, 4.69) is 20.9 Å². The van der Waals surface area contributed by atoms with E-state index in [1.807, 2.05) is 6.07 Å². The first kappa shape index (κ1) is 10.4. The van der Waals surface area contributed by atoms with Crippen LogP contribution in [0.5, 0.6) is 0 Å². The summed E-state index contributed by atoms with van der Waals surface area (Å²) in [5.41, 5.74) is 2.85. The van der Waals surface area contributed by atoms with Crippen LogP contribution < -0.4 is 5.43 Å². The molecule has 0 saturated carbocycles. The van der Waals surface area contributed by atoms with E-state index in [-0.39, 0.29) is 5.43 Å². The second kappa shape index (κ2) is 3.60. The van der Waals surface area contributed by atoms with Crippen LogP contribution in [0, 0.1) is 0 Å². The third-order valence-corrected chi connectivity index (χ3v) is 4.07. The van der Waals surface area contributed by atoms with Gasteiger partial charge in [0.25, 0.3) is 0 Å². The van der Waals surface area contributed by atoms with Gasteiger partial charge in [-0.25, -0.2) is 0 Å². The molecule has 0 amide bonds. The lowest BCUT2D eigenvalue weighted by molar-refractivity contribution is 0.900. The van der Waals surface area contributed by atoms with Crippen LogP contribution in [0.1, 0.15) is 17.7 Å². The number of benzene rings is 1. The summed E-state index contributed by atoms with van der Waals surface area (Å²) in [7, 11) is 0. The molecule has 82 valence electrons. The lowest BCUT2D eigenvalue weighted by atomic mass is 10.1. The van der Waals surface area contributed by atoms with Gasteiger partial charge in [0.15, 0.2) is 5.43 Å². The van der Waals surface area contributed by atoms with Gasteiger partial charge in [-0.3, -0.25) is 4.79 Å². The van der Waals surface area contributed by atoms with Crippen molar-refractivity contribution in [2.75, 3.05) is 0 Å². The van der Waals surface area contributed by atoms with Gasteiger partial charge >= 0.3 is 0 Å². The molecular formula is C12H9BrClNO. The molecule has 16 heavy (non-hydrogen) atoms. The molecule has 1 N–H and O–H groups in total. The Bertz CT molecular complexity index is 647. The van der Waals surface area contributed by atoms with Crippen molar-refractivity contribution in [1.82, 2.24) is 4.98 Å². The van der Waals surface area contributed by atoms with E-state index < -0.39 is 0 Å². The summed E-state index contributed by atoms with van der Waals surface area (Å²) < 4.78 is 0.808. The van der Waals surface area contributed by atoms with Gasteiger partial charge in [-0.1, -0.05) is 11.6 Å². The highest BCUT2D eigenvalue weighted by atomic mass is 79.9. The van der Waals surface area contributed by atoms with Gasteiger partial charge in [-0.2, -0.15) is 0 Å². The zero-order valence-electron chi connectivity index (χ0n) is 8.44. The number of pyridine rings is 1. The summed E-state index contributed by atoms with van der Waals surface area (Å²) in [6.07, 6.45) is 2.87. The Labute approximate surface area is 106 Å². The van der Waals surface area contributed by atoms with E-state index in [4.69, 9.17) is 11.6 Å². The molecule has 0 atom stereocenters. The number of hydrogen-bond acceptors (Lipinski definition) is 1. The average Bonchev–Trinajstić information content (AvgIpc) is 2.72. The van der Waals surface area contributed by atoms with Gasteiger partial charge in [-0.15, -0.1) is 0 Å². The average molecular weight is 299 g/mol. The number of fused-ring (bicyclic) bond motifs is 2. The summed E-state index contributed by atoms with van der Waals surface area (Å²) in [6, 6.07) is 3.62. The number of rotatable bonds is 0. The summed E-state index contributed by atoms with van der Waals surface area (Å²) >= 11 is 9.52. The van der Waals surface area contributed by atoms with Crippen LogP contribution >= 0.6 is 27.5 Å². The Hall–Kier alpha value is -0.800. The van der Waals surface area contributed by atoms with Crippen molar-refractivity contribution in [3.8, 4) is 0 Å². The molecule has 1 aromatic carbocycles. The minimum absolute atomic E-state index is 0.121. The molecule has 1 aliphatic rings. The molecule has 1 aliphatic carbocycles. The van der Waals surface area contributed by atoms with Crippen molar-refractivity contribution in [3.63, 3.8) is 0 Å². The fourth-order valence-electron chi connectivity index (χ4n) is 2.33. The number of halogens is 2. The number of aryl methyl sites for hydroxylation is 1. The van der Waals surface area contributed by atoms with Crippen LogP contribution in [0.4, 0.5) is 0 Å². The Balaban J connectivity index is 2.56. The first-order valence-corrected chi connectivity index (χ1v) is 6.37. The molecule has 1 aromatic heterocycles. The summed E-state index contributed by atoms with van der Waals surface area (Å²) in [6.45, 7) is 0. The van der Waals surface area contributed by atoms with Gasteiger partial charge in [0, 0.05) is 15.7 Å². The Morgan fingerprint density at radius 3 is 2.94 bits per heavy atom. The zero-order valence-corrected chi connectivity index (χ0v) is 10.8. The van der Waals surface area contributed by atoms with Crippen molar-refractivity contribution in [3.05, 3.63) is 43.1 Å². The molecule has 0 radical (unpaired) electrons. The zero-order chi connectivity index (χ0) is 11.3. The number of H-pyrrole nitrogens is 1. The number of nitrogens with one attached hydrogen (secondary N) is 1. The predicted octanol–water partition coefficient (Wildman–Crippen LogP) is 3.43. The van der Waals surface area contributed by atoms with Gasteiger partial charge in [-0.05, 0) is 47.3 Å². The molecule has 0 bridgehead atoms.